The Morgan fingerprint density at radius 2 is 2.55 bits per heavy atom. The van der Waals surface area contributed by atoms with Crippen LogP contribution in [0.5, 0.6) is 0 Å². The van der Waals surface area contributed by atoms with E-state index in [2.05, 4.69) is 16.9 Å². The molecule has 0 fully saturated rings. The summed E-state index contributed by atoms with van der Waals surface area (Å²) in [6.45, 7) is 7.71. The molecule has 1 aromatic rings. The van der Waals surface area contributed by atoms with Crippen LogP contribution < -0.4 is 5.32 Å². The van der Waals surface area contributed by atoms with Gasteiger partial charge in [-0.3, -0.25) is 0 Å². The second-order valence-corrected chi connectivity index (χ2v) is 3.32. The number of aromatic nitrogens is 1. The normalized spacial score (nSPS) is 12.5. The molecule has 1 atom stereocenters. The quantitative estimate of drug-likeness (QED) is 0.701. The van der Waals surface area contributed by atoms with Crippen LogP contribution in [0.1, 0.15) is 12.6 Å². The second-order valence-electron chi connectivity index (χ2n) is 2.46. The molecule has 60 valence electrons. The van der Waals surface area contributed by atoms with E-state index in [-0.39, 0.29) is 0 Å². The molecule has 11 heavy (non-hydrogen) atoms. The lowest BCUT2D eigenvalue weighted by Gasteiger charge is -2.05. The number of anilines is 1. The SMILES string of the molecule is C=CC(C)Nc1nc(C)cs1. The first-order valence-electron chi connectivity index (χ1n) is 3.53. The molecular formula is C8H12N2S. The first kappa shape index (κ1) is 8.27. The summed E-state index contributed by atoms with van der Waals surface area (Å²) in [4.78, 5) is 4.26. The highest BCUT2D eigenvalue weighted by Gasteiger charge is 1.99. The summed E-state index contributed by atoms with van der Waals surface area (Å²) in [7, 11) is 0. The monoisotopic (exact) mass is 168 g/mol. The van der Waals surface area contributed by atoms with Gasteiger partial charge in [0, 0.05) is 11.4 Å². The summed E-state index contributed by atoms with van der Waals surface area (Å²) in [5.41, 5.74) is 1.06. The van der Waals surface area contributed by atoms with Gasteiger partial charge in [-0.1, -0.05) is 6.08 Å². The maximum atomic E-state index is 4.26. The number of hydrogen-bond donors (Lipinski definition) is 1. The van der Waals surface area contributed by atoms with Crippen LogP contribution >= 0.6 is 11.3 Å². The maximum absolute atomic E-state index is 4.26. The molecule has 0 aliphatic rings. The maximum Gasteiger partial charge on any atom is 0.183 e. The van der Waals surface area contributed by atoms with Gasteiger partial charge in [0.15, 0.2) is 5.13 Å². The van der Waals surface area contributed by atoms with E-state index in [0.717, 1.165) is 10.8 Å². The molecule has 1 unspecified atom stereocenters. The minimum Gasteiger partial charge on any atom is -0.356 e. The lowest BCUT2D eigenvalue weighted by Crippen LogP contribution is -2.10. The molecule has 0 saturated heterocycles. The molecule has 3 heteroatoms. The number of rotatable bonds is 3. The molecule has 1 N–H and O–H groups in total. The first-order valence-corrected chi connectivity index (χ1v) is 4.41. The molecule has 0 spiro atoms. The van der Waals surface area contributed by atoms with E-state index in [1.165, 1.54) is 0 Å². The fourth-order valence-electron chi connectivity index (χ4n) is 0.674. The van der Waals surface area contributed by atoms with Crippen LogP contribution in [0.3, 0.4) is 0 Å². The lowest BCUT2D eigenvalue weighted by molar-refractivity contribution is 0.992. The smallest absolute Gasteiger partial charge is 0.183 e. The second kappa shape index (κ2) is 3.53. The van der Waals surface area contributed by atoms with E-state index in [0.29, 0.717) is 6.04 Å². The van der Waals surface area contributed by atoms with Gasteiger partial charge in [0.05, 0.1) is 5.69 Å². The highest BCUT2D eigenvalue weighted by atomic mass is 32.1. The Bertz CT molecular complexity index is 242. The molecule has 1 heterocycles. The van der Waals surface area contributed by atoms with E-state index in [1.807, 2.05) is 25.3 Å². The Morgan fingerprint density at radius 3 is 3.00 bits per heavy atom. The van der Waals surface area contributed by atoms with Crippen LogP contribution in [0.25, 0.3) is 0 Å². The van der Waals surface area contributed by atoms with E-state index in [4.69, 9.17) is 0 Å². The van der Waals surface area contributed by atoms with Crippen LogP contribution in [-0.4, -0.2) is 11.0 Å². The van der Waals surface area contributed by atoms with Crippen molar-refractivity contribution in [2.45, 2.75) is 19.9 Å². The third kappa shape index (κ3) is 2.35. The van der Waals surface area contributed by atoms with Gasteiger partial charge < -0.3 is 5.32 Å². The Balaban J connectivity index is 2.57. The number of nitrogens with zero attached hydrogens (tertiary/aromatic N) is 1. The van der Waals surface area contributed by atoms with Gasteiger partial charge >= 0.3 is 0 Å². The minimum atomic E-state index is 0.292. The molecule has 0 amide bonds. The summed E-state index contributed by atoms with van der Waals surface area (Å²) in [5.74, 6) is 0. The van der Waals surface area contributed by atoms with Gasteiger partial charge in [-0.05, 0) is 13.8 Å². The number of thiazole rings is 1. The number of nitrogens with one attached hydrogen (secondary N) is 1. The predicted molar refractivity (Wildman–Crippen MR) is 50.1 cm³/mol. The van der Waals surface area contributed by atoms with Crippen LogP contribution in [0.2, 0.25) is 0 Å². The molecular weight excluding hydrogens is 156 g/mol. The molecule has 1 aromatic heterocycles. The Labute approximate surface area is 71.0 Å². The summed E-state index contributed by atoms with van der Waals surface area (Å²) < 4.78 is 0. The van der Waals surface area contributed by atoms with Crippen molar-refractivity contribution in [3.63, 3.8) is 0 Å². The molecule has 2 nitrogen and oxygen atoms in total. The number of aryl methyl sites for hydroxylation is 1. The van der Waals surface area contributed by atoms with Crippen molar-refractivity contribution in [3.8, 4) is 0 Å². The van der Waals surface area contributed by atoms with Crippen molar-refractivity contribution < 1.29 is 0 Å². The van der Waals surface area contributed by atoms with Crippen LogP contribution in [-0.2, 0) is 0 Å². The average molecular weight is 168 g/mol. The topological polar surface area (TPSA) is 24.9 Å². The molecule has 0 bridgehead atoms. The van der Waals surface area contributed by atoms with Gasteiger partial charge in [0.1, 0.15) is 0 Å². The molecule has 0 aliphatic heterocycles. The third-order valence-corrected chi connectivity index (χ3v) is 2.22. The summed E-state index contributed by atoms with van der Waals surface area (Å²) in [6, 6.07) is 0.292. The predicted octanol–water partition coefficient (Wildman–Crippen LogP) is 2.44. The molecule has 0 saturated carbocycles. The fourth-order valence-corrected chi connectivity index (χ4v) is 1.46. The zero-order valence-corrected chi connectivity index (χ0v) is 7.61. The van der Waals surface area contributed by atoms with Crippen molar-refractivity contribution in [2.75, 3.05) is 5.32 Å². The summed E-state index contributed by atoms with van der Waals surface area (Å²) in [6.07, 6.45) is 1.86. The Morgan fingerprint density at radius 1 is 1.82 bits per heavy atom. The number of hydrogen-bond acceptors (Lipinski definition) is 3. The van der Waals surface area contributed by atoms with E-state index < -0.39 is 0 Å². The van der Waals surface area contributed by atoms with Crippen molar-refractivity contribution in [3.05, 3.63) is 23.7 Å². The largest absolute Gasteiger partial charge is 0.356 e. The van der Waals surface area contributed by atoms with Gasteiger partial charge in [-0.2, -0.15) is 0 Å². The van der Waals surface area contributed by atoms with Crippen molar-refractivity contribution in [2.24, 2.45) is 0 Å². The van der Waals surface area contributed by atoms with Crippen LogP contribution in [0, 0.1) is 6.92 Å². The average Bonchev–Trinajstić information content (AvgIpc) is 2.35. The van der Waals surface area contributed by atoms with Crippen LogP contribution in [0.4, 0.5) is 5.13 Å². The molecule has 0 aromatic carbocycles. The highest BCUT2D eigenvalue weighted by Crippen LogP contribution is 2.15. The molecule has 0 radical (unpaired) electrons. The van der Waals surface area contributed by atoms with E-state index in [9.17, 15) is 0 Å². The lowest BCUT2D eigenvalue weighted by atomic mass is 10.3. The Kier molecular flexibility index (Phi) is 2.65. The van der Waals surface area contributed by atoms with Crippen molar-refractivity contribution in [1.82, 2.24) is 4.98 Å². The van der Waals surface area contributed by atoms with E-state index in [1.54, 1.807) is 11.3 Å². The van der Waals surface area contributed by atoms with Gasteiger partial charge in [0.2, 0.25) is 0 Å². The van der Waals surface area contributed by atoms with Crippen molar-refractivity contribution >= 4 is 16.5 Å². The zero-order chi connectivity index (χ0) is 8.27. The fraction of sp³-hybridized carbons (Fsp3) is 0.375. The zero-order valence-electron chi connectivity index (χ0n) is 6.79. The molecule has 0 aliphatic carbocycles. The summed E-state index contributed by atoms with van der Waals surface area (Å²) in [5, 5.41) is 6.20. The van der Waals surface area contributed by atoms with Gasteiger partial charge in [0.25, 0.3) is 0 Å². The Hall–Kier alpha value is -0.830. The van der Waals surface area contributed by atoms with E-state index >= 15 is 0 Å². The molecule has 1 rings (SSSR count). The van der Waals surface area contributed by atoms with Crippen LogP contribution in [0.15, 0.2) is 18.0 Å². The highest BCUT2D eigenvalue weighted by molar-refractivity contribution is 7.13. The third-order valence-electron chi connectivity index (χ3n) is 1.32. The first-order chi connectivity index (χ1) is 5.22. The van der Waals surface area contributed by atoms with Gasteiger partial charge in [-0.15, -0.1) is 17.9 Å². The minimum absolute atomic E-state index is 0.292. The standard InChI is InChI=1S/C8H12N2S/c1-4-6(2)9-8-10-7(3)5-11-8/h4-6H,1H2,2-3H3,(H,9,10). The van der Waals surface area contributed by atoms with Gasteiger partial charge in [-0.25, -0.2) is 4.98 Å². The summed E-state index contributed by atoms with van der Waals surface area (Å²) >= 11 is 1.62. The van der Waals surface area contributed by atoms with Crippen molar-refractivity contribution in [1.29, 1.82) is 0 Å².